The van der Waals surface area contributed by atoms with Crippen LogP contribution in [-0.4, -0.2) is 138 Å². The van der Waals surface area contributed by atoms with Gasteiger partial charge in [-0.25, -0.2) is 0 Å². The normalized spacial score (nSPS) is 15.4. The second-order valence-corrected chi connectivity index (χ2v) is 20.1. The molecule has 1 aliphatic rings. The third-order valence-electron chi connectivity index (χ3n) is 12.3. The molecular formula is C52H80N14O11. The summed E-state index contributed by atoms with van der Waals surface area (Å²) in [6, 6.07) is 6.18. The summed E-state index contributed by atoms with van der Waals surface area (Å²) in [4.78, 5) is 141. The van der Waals surface area contributed by atoms with Crippen molar-refractivity contribution in [2.45, 2.75) is 153 Å². The Kier molecular flexibility index (Phi) is 26.3. The van der Waals surface area contributed by atoms with Crippen LogP contribution in [0.1, 0.15) is 109 Å². The highest BCUT2D eigenvalue weighted by molar-refractivity contribution is 5.99. The van der Waals surface area contributed by atoms with Crippen LogP contribution in [-0.2, 0) is 60.8 Å². The Labute approximate surface area is 449 Å². The van der Waals surface area contributed by atoms with E-state index in [9.17, 15) is 47.9 Å². The first kappa shape index (κ1) is 63.5. The standard InChI is InChI=1S/C52H80N14O11/c1-5-77-33-20-18-32(19-21-33)28-37(60-43(69)30-52(2,3)4)46(72)64-38(27-31-13-7-6-8-14-31)47(73)62-35(22-23-41(54)67)45(71)65-39(29-42(55)68)48(74)63-36(15-9-10-24-53)50(76)66-26-12-17-40(66)49(75)61-34(44(56)70)16-11-25-59-51(57)58/h6-8,13-14,18-21,34-40H,5,9-12,15-17,22-30,53H2,1-4H3,(H2,54,67)(H2,55,68)(H2,56,70)(H,60,69)(H,61,75)(H,62,73)(H,63,74)(H,64,72)(H,65,71)(H4,57,58,59)/t34-,35-,36-,37+,38-,39-,40-/m0/s1. The lowest BCUT2D eigenvalue weighted by atomic mass is 9.91. The zero-order valence-electron chi connectivity index (χ0n) is 44.6. The van der Waals surface area contributed by atoms with Crippen molar-refractivity contribution in [3.63, 3.8) is 0 Å². The smallest absolute Gasteiger partial charge is 0.245 e. The van der Waals surface area contributed by atoms with E-state index in [0.29, 0.717) is 49.2 Å². The zero-order valence-corrected chi connectivity index (χ0v) is 44.6. The fraction of sp³-hybridized carbons (Fsp3) is 0.558. The fourth-order valence-electron chi connectivity index (χ4n) is 8.49. The Hall–Kier alpha value is -7.83. The fourth-order valence-corrected chi connectivity index (χ4v) is 8.49. The maximum atomic E-state index is 14.5. The van der Waals surface area contributed by atoms with Crippen molar-refractivity contribution < 1.29 is 52.7 Å². The SMILES string of the molecule is CCOc1ccc(C[C@@H](NC(=O)CC(C)(C)C)C(=O)N[C@@H](Cc2ccccc2)C(=O)N[C@@H](CCC(N)=O)C(=O)N[C@@H](CC(N)=O)C(=O)N[C@@H](CCCCN)C(=O)N2CCC[C@H]2C(=O)N[C@@H](CCCN=C(N)N)C(N)=O)cc1. The number of rotatable bonds is 33. The number of aliphatic imine (C=N–C) groups is 1. The molecule has 1 saturated heterocycles. The third kappa shape index (κ3) is 23.3. The molecule has 2 aromatic carbocycles. The molecule has 0 radical (unpaired) electrons. The monoisotopic (exact) mass is 1080 g/mol. The molecule has 25 heteroatoms. The number of carbonyl (C=O) groups excluding carboxylic acids is 10. The first-order valence-electron chi connectivity index (χ1n) is 25.9. The number of likely N-dealkylation sites (tertiary alicyclic amines) is 1. The van der Waals surface area contributed by atoms with E-state index in [2.05, 4.69) is 36.9 Å². The van der Waals surface area contributed by atoms with E-state index in [1.54, 1.807) is 54.6 Å². The Balaban J connectivity index is 1.92. The predicted octanol–water partition coefficient (Wildman–Crippen LogP) is -1.98. The highest BCUT2D eigenvalue weighted by Crippen LogP contribution is 2.22. The molecule has 1 fully saturated rings. The summed E-state index contributed by atoms with van der Waals surface area (Å²) in [5.74, 6) is -7.70. The van der Waals surface area contributed by atoms with Crippen molar-refractivity contribution in [3.8, 4) is 5.75 Å². The number of amides is 10. The summed E-state index contributed by atoms with van der Waals surface area (Å²) in [5, 5.41) is 15.8. The molecule has 424 valence electrons. The molecule has 0 unspecified atom stereocenters. The summed E-state index contributed by atoms with van der Waals surface area (Å²) in [6.07, 6.45) is 0.172. The number of nitrogens with one attached hydrogen (secondary N) is 6. The number of ether oxygens (including phenoxy) is 1. The van der Waals surface area contributed by atoms with Gasteiger partial charge in [0.2, 0.25) is 59.1 Å². The van der Waals surface area contributed by atoms with Crippen LogP contribution in [0.4, 0.5) is 0 Å². The van der Waals surface area contributed by atoms with E-state index in [0.717, 1.165) is 0 Å². The van der Waals surface area contributed by atoms with Gasteiger partial charge in [0, 0.05) is 38.8 Å². The van der Waals surface area contributed by atoms with Gasteiger partial charge in [0.05, 0.1) is 13.0 Å². The van der Waals surface area contributed by atoms with Gasteiger partial charge in [-0.1, -0.05) is 63.2 Å². The van der Waals surface area contributed by atoms with E-state index in [4.69, 9.17) is 39.1 Å². The number of primary amides is 3. The lowest BCUT2D eigenvalue weighted by Crippen LogP contribution is -2.60. The van der Waals surface area contributed by atoms with Crippen LogP contribution in [0.15, 0.2) is 59.6 Å². The topological polar surface area (TPSA) is 424 Å². The van der Waals surface area contributed by atoms with Crippen LogP contribution in [0.2, 0.25) is 0 Å². The van der Waals surface area contributed by atoms with E-state index in [1.807, 2.05) is 27.7 Å². The zero-order chi connectivity index (χ0) is 57.2. The van der Waals surface area contributed by atoms with E-state index < -0.39 is 126 Å². The van der Waals surface area contributed by atoms with Crippen molar-refractivity contribution in [2.75, 3.05) is 26.2 Å². The number of guanidine groups is 1. The number of hydrogen-bond acceptors (Lipinski definition) is 13. The molecule has 0 bridgehead atoms. The minimum absolute atomic E-state index is 0.0195. The van der Waals surface area contributed by atoms with E-state index >= 15 is 0 Å². The number of nitrogens with two attached hydrogens (primary N) is 6. The van der Waals surface area contributed by atoms with Gasteiger partial charge in [0.1, 0.15) is 48.0 Å². The molecule has 0 aromatic heterocycles. The molecule has 10 amide bonds. The maximum Gasteiger partial charge on any atom is 0.245 e. The summed E-state index contributed by atoms with van der Waals surface area (Å²) in [7, 11) is 0. The Morgan fingerprint density at radius 3 is 1.78 bits per heavy atom. The molecule has 1 aliphatic heterocycles. The third-order valence-corrected chi connectivity index (χ3v) is 12.3. The average Bonchev–Trinajstić information content (AvgIpc) is 3.85. The van der Waals surface area contributed by atoms with Gasteiger partial charge in [0.15, 0.2) is 5.96 Å². The summed E-state index contributed by atoms with van der Waals surface area (Å²) >= 11 is 0. The molecule has 25 nitrogen and oxygen atoms in total. The maximum absolute atomic E-state index is 14.5. The number of hydrogen-bond donors (Lipinski definition) is 12. The van der Waals surface area contributed by atoms with Crippen LogP contribution in [0, 0.1) is 5.41 Å². The number of nitrogens with zero attached hydrogens (tertiary/aromatic N) is 2. The van der Waals surface area contributed by atoms with Gasteiger partial charge in [-0.15, -0.1) is 0 Å². The minimum atomic E-state index is -1.74. The van der Waals surface area contributed by atoms with Crippen molar-refractivity contribution in [1.29, 1.82) is 0 Å². The van der Waals surface area contributed by atoms with Crippen molar-refractivity contribution in [2.24, 2.45) is 44.8 Å². The van der Waals surface area contributed by atoms with Gasteiger partial charge in [0.25, 0.3) is 0 Å². The largest absolute Gasteiger partial charge is 0.494 e. The molecule has 0 spiro atoms. The summed E-state index contributed by atoms with van der Waals surface area (Å²) in [6.45, 7) is 8.40. The van der Waals surface area contributed by atoms with Crippen LogP contribution in [0.25, 0.3) is 0 Å². The Bertz CT molecular complexity index is 2360. The number of carbonyl (C=O) groups is 10. The van der Waals surface area contributed by atoms with Gasteiger partial charge < -0.3 is 75.9 Å². The van der Waals surface area contributed by atoms with Gasteiger partial charge in [-0.2, -0.15) is 0 Å². The first-order chi connectivity index (χ1) is 36.4. The minimum Gasteiger partial charge on any atom is -0.494 e. The van der Waals surface area contributed by atoms with Crippen molar-refractivity contribution in [1.82, 2.24) is 36.8 Å². The van der Waals surface area contributed by atoms with Gasteiger partial charge >= 0.3 is 0 Å². The number of unbranched alkanes of at least 4 members (excludes halogenated alkanes) is 1. The quantitative estimate of drug-likeness (QED) is 0.0209. The second kappa shape index (κ2) is 31.9. The summed E-state index contributed by atoms with van der Waals surface area (Å²) < 4.78 is 5.56. The second-order valence-electron chi connectivity index (χ2n) is 20.1. The molecule has 3 rings (SSSR count). The molecular weight excluding hydrogens is 997 g/mol. The highest BCUT2D eigenvalue weighted by Gasteiger charge is 2.40. The van der Waals surface area contributed by atoms with E-state index in [-0.39, 0.29) is 64.1 Å². The molecule has 0 aliphatic carbocycles. The Morgan fingerprint density at radius 1 is 0.649 bits per heavy atom. The van der Waals surface area contributed by atoms with Crippen molar-refractivity contribution in [3.05, 3.63) is 65.7 Å². The van der Waals surface area contributed by atoms with Crippen LogP contribution in [0.5, 0.6) is 5.75 Å². The highest BCUT2D eigenvalue weighted by atomic mass is 16.5. The molecule has 18 N–H and O–H groups in total. The molecule has 77 heavy (non-hydrogen) atoms. The molecule has 0 saturated carbocycles. The number of benzene rings is 2. The van der Waals surface area contributed by atoms with Gasteiger partial charge in [-0.3, -0.25) is 52.9 Å². The van der Waals surface area contributed by atoms with Crippen LogP contribution < -0.4 is 71.0 Å². The average molecular weight is 1080 g/mol. The van der Waals surface area contributed by atoms with Crippen molar-refractivity contribution >= 4 is 65.0 Å². The lowest BCUT2D eigenvalue weighted by molar-refractivity contribution is -0.142. The molecule has 2 aromatic rings. The lowest BCUT2D eigenvalue weighted by Gasteiger charge is -2.31. The van der Waals surface area contributed by atoms with Crippen LogP contribution in [0.3, 0.4) is 0 Å². The summed E-state index contributed by atoms with van der Waals surface area (Å²) in [5.41, 5.74) is 34.0. The van der Waals surface area contributed by atoms with Gasteiger partial charge in [-0.05, 0) is 93.5 Å². The van der Waals surface area contributed by atoms with E-state index in [1.165, 1.54) is 4.90 Å². The predicted molar refractivity (Wildman–Crippen MR) is 286 cm³/mol. The van der Waals surface area contributed by atoms with Crippen LogP contribution >= 0.6 is 0 Å². The Morgan fingerprint density at radius 2 is 1.21 bits per heavy atom. The first-order valence-corrected chi connectivity index (χ1v) is 25.9. The molecule has 1 heterocycles. The molecule has 7 atom stereocenters.